The summed E-state index contributed by atoms with van der Waals surface area (Å²) in [5.41, 5.74) is 1.17. The largest absolute Gasteiger partial charge is 0.485 e. The minimum Gasteiger partial charge on any atom is -0.485 e. The maximum Gasteiger partial charge on any atom is 0.255 e. The smallest absolute Gasteiger partial charge is 0.255 e. The molecule has 0 spiro atoms. The third-order valence-electron chi connectivity index (χ3n) is 3.88. The molecule has 0 unspecified atom stereocenters. The molecule has 29 heavy (non-hydrogen) atoms. The van der Waals surface area contributed by atoms with E-state index in [1.54, 1.807) is 48.5 Å². The van der Waals surface area contributed by atoms with Gasteiger partial charge in [-0.15, -0.1) is 0 Å². The van der Waals surface area contributed by atoms with Crippen molar-refractivity contribution in [3.63, 3.8) is 0 Å². The standard InChI is InChI=1S/C21H13Cl4NO3/c22-13-5-6-16(18(24)9-13)20(27)11-29-15-3-1-2-14(10-15)26-21(28)12-4-7-17(23)19(25)8-12/h1-10H,11H2,(H,26,28). The summed E-state index contributed by atoms with van der Waals surface area (Å²) in [5, 5.41) is 4.09. The molecule has 0 saturated heterocycles. The Balaban J connectivity index is 1.65. The van der Waals surface area contributed by atoms with Crippen LogP contribution in [0, 0.1) is 0 Å². The van der Waals surface area contributed by atoms with Crippen LogP contribution in [0.3, 0.4) is 0 Å². The van der Waals surface area contributed by atoms with E-state index < -0.39 is 0 Å². The number of carbonyl (C=O) groups is 2. The highest BCUT2D eigenvalue weighted by molar-refractivity contribution is 6.42. The Kier molecular flexibility index (Phi) is 7.04. The highest BCUT2D eigenvalue weighted by Crippen LogP contribution is 2.25. The van der Waals surface area contributed by atoms with Crippen LogP contribution in [0.5, 0.6) is 5.75 Å². The Labute approximate surface area is 187 Å². The molecule has 3 aromatic carbocycles. The molecule has 4 nitrogen and oxygen atoms in total. The Hall–Kier alpha value is -2.24. The monoisotopic (exact) mass is 467 g/mol. The molecule has 0 aliphatic rings. The summed E-state index contributed by atoms with van der Waals surface area (Å²) in [7, 11) is 0. The van der Waals surface area contributed by atoms with Crippen molar-refractivity contribution in [2.24, 2.45) is 0 Å². The van der Waals surface area contributed by atoms with Gasteiger partial charge < -0.3 is 10.1 Å². The van der Waals surface area contributed by atoms with Gasteiger partial charge in [-0.25, -0.2) is 0 Å². The van der Waals surface area contributed by atoms with Crippen molar-refractivity contribution in [2.75, 3.05) is 11.9 Å². The fourth-order valence-electron chi connectivity index (χ4n) is 2.45. The second kappa shape index (κ2) is 9.51. The van der Waals surface area contributed by atoms with Gasteiger partial charge in [0.1, 0.15) is 5.75 Å². The van der Waals surface area contributed by atoms with E-state index in [4.69, 9.17) is 51.1 Å². The van der Waals surface area contributed by atoms with E-state index >= 15 is 0 Å². The van der Waals surface area contributed by atoms with Gasteiger partial charge in [-0.1, -0.05) is 52.5 Å². The first kappa shape index (κ1) is 21.5. The number of benzene rings is 3. The molecule has 0 radical (unpaired) electrons. The lowest BCUT2D eigenvalue weighted by atomic mass is 10.1. The van der Waals surface area contributed by atoms with Gasteiger partial charge in [0.25, 0.3) is 5.91 Å². The lowest BCUT2D eigenvalue weighted by Gasteiger charge is -2.10. The molecule has 1 amide bonds. The quantitative estimate of drug-likeness (QED) is 0.404. The predicted octanol–water partition coefficient (Wildman–Crippen LogP) is 6.81. The highest BCUT2D eigenvalue weighted by atomic mass is 35.5. The van der Waals surface area contributed by atoms with Gasteiger partial charge in [0, 0.05) is 27.9 Å². The van der Waals surface area contributed by atoms with Crippen molar-refractivity contribution in [1.82, 2.24) is 0 Å². The van der Waals surface area contributed by atoms with Gasteiger partial charge in [-0.2, -0.15) is 0 Å². The first-order valence-corrected chi connectivity index (χ1v) is 9.82. The van der Waals surface area contributed by atoms with Crippen molar-refractivity contribution in [2.45, 2.75) is 0 Å². The van der Waals surface area contributed by atoms with Gasteiger partial charge in [0.2, 0.25) is 5.78 Å². The number of nitrogens with one attached hydrogen (secondary N) is 1. The molecular formula is C21H13Cl4NO3. The minimum absolute atomic E-state index is 0.217. The van der Waals surface area contributed by atoms with Crippen LogP contribution in [0.2, 0.25) is 20.1 Å². The van der Waals surface area contributed by atoms with Crippen molar-refractivity contribution in [1.29, 1.82) is 0 Å². The fraction of sp³-hybridized carbons (Fsp3) is 0.0476. The molecular weight excluding hydrogens is 456 g/mol. The number of hydrogen-bond acceptors (Lipinski definition) is 3. The van der Waals surface area contributed by atoms with Gasteiger partial charge in [-0.3, -0.25) is 9.59 Å². The summed E-state index contributed by atoms with van der Waals surface area (Å²) in [6.07, 6.45) is 0. The Morgan fingerprint density at radius 3 is 2.34 bits per heavy atom. The third kappa shape index (κ3) is 5.64. The average molecular weight is 469 g/mol. The summed E-state index contributed by atoms with van der Waals surface area (Å²) >= 11 is 23.7. The van der Waals surface area contributed by atoms with E-state index in [0.717, 1.165) is 0 Å². The summed E-state index contributed by atoms with van der Waals surface area (Å²) < 4.78 is 5.54. The van der Waals surface area contributed by atoms with Gasteiger partial charge in [0.05, 0.1) is 15.1 Å². The lowest BCUT2D eigenvalue weighted by molar-refractivity contribution is 0.0921. The lowest BCUT2D eigenvalue weighted by Crippen LogP contribution is -2.13. The molecule has 0 aliphatic carbocycles. The van der Waals surface area contributed by atoms with Crippen LogP contribution in [0.15, 0.2) is 60.7 Å². The number of hydrogen-bond donors (Lipinski definition) is 1. The van der Waals surface area contributed by atoms with E-state index in [2.05, 4.69) is 5.32 Å². The van der Waals surface area contributed by atoms with Crippen LogP contribution >= 0.6 is 46.4 Å². The number of ether oxygens (including phenoxy) is 1. The molecule has 3 rings (SSSR count). The molecule has 0 heterocycles. The van der Waals surface area contributed by atoms with Crippen LogP contribution in [0.25, 0.3) is 0 Å². The van der Waals surface area contributed by atoms with E-state index in [1.807, 2.05) is 0 Å². The summed E-state index contributed by atoms with van der Waals surface area (Å²) in [6.45, 7) is -0.217. The third-order valence-corrected chi connectivity index (χ3v) is 5.16. The van der Waals surface area contributed by atoms with Crippen LogP contribution in [-0.4, -0.2) is 18.3 Å². The number of rotatable bonds is 6. The first-order valence-electron chi connectivity index (χ1n) is 8.31. The molecule has 0 aromatic heterocycles. The Bertz CT molecular complexity index is 1090. The topological polar surface area (TPSA) is 55.4 Å². The van der Waals surface area contributed by atoms with Crippen LogP contribution in [0.1, 0.15) is 20.7 Å². The maximum atomic E-state index is 12.4. The normalized spacial score (nSPS) is 10.5. The summed E-state index contributed by atoms with van der Waals surface area (Å²) in [6, 6.07) is 15.9. The zero-order valence-electron chi connectivity index (χ0n) is 14.7. The van der Waals surface area contributed by atoms with E-state index in [0.29, 0.717) is 32.6 Å². The molecule has 0 saturated carbocycles. The fourth-order valence-corrected chi connectivity index (χ4v) is 3.26. The van der Waals surface area contributed by atoms with Crippen molar-refractivity contribution in [3.05, 3.63) is 91.9 Å². The second-order valence-electron chi connectivity index (χ2n) is 5.95. The Morgan fingerprint density at radius 1 is 0.828 bits per heavy atom. The van der Waals surface area contributed by atoms with E-state index in [1.165, 1.54) is 12.1 Å². The molecule has 148 valence electrons. The molecule has 1 N–H and O–H groups in total. The van der Waals surface area contributed by atoms with E-state index in [9.17, 15) is 9.59 Å². The first-order chi connectivity index (χ1) is 13.8. The molecule has 0 fully saturated rings. The number of halogens is 4. The number of carbonyl (C=O) groups excluding carboxylic acids is 2. The predicted molar refractivity (Wildman–Crippen MR) is 117 cm³/mol. The van der Waals surface area contributed by atoms with Crippen molar-refractivity contribution in [3.8, 4) is 5.75 Å². The van der Waals surface area contributed by atoms with Crippen molar-refractivity contribution >= 4 is 63.8 Å². The SMILES string of the molecule is O=C(Nc1cccc(OCC(=O)c2ccc(Cl)cc2Cl)c1)c1ccc(Cl)c(Cl)c1. The highest BCUT2D eigenvalue weighted by Gasteiger charge is 2.13. The van der Waals surface area contributed by atoms with Crippen molar-refractivity contribution < 1.29 is 14.3 Å². The average Bonchev–Trinajstić information content (AvgIpc) is 2.68. The van der Waals surface area contributed by atoms with Crippen LogP contribution in [0.4, 0.5) is 5.69 Å². The Morgan fingerprint density at radius 2 is 1.62 bits per heavy atom. The van der Waals surface area contributed by atoms with Crippen LogP contribution in [-0.2, 0) is 0 Å². The van der Waals surface area contributed by atoms with E-state index in [-0.39, 0.29) is 28.3 Å². The maximum absolute atomic E-state index is 12.4. The van der Waals surface area contributed by atoms with Gasteiger partial charge in [0.15, 0.2) is 6.61 Å². The molecule has 0 aliphatic heterocycles. The molecule has 3 aromatic rings. The van der Waals surface area contributed by atoms with Gasteiger partial charge in [-0.05, 0) is 48.5 Å². The minimum atomic E-state index is -0.357. The zero-order valence-corrected chi connectivity index (χ0v) is 17.7. The number of amides is 1. The molecule has 0 atom stereocenters. The van der Waals surface area contributed by atoms with Crippen LogP contribution < -0.4 is 10.1 Å². The zero-order chi connectivity index (χ0) is 21.0. The molecule has 0 bridgehead atoms. The number of Topliss-reactive ketones (excluding diaryl/α,β-unsaturated/α-hetero) is 1. The summed E-state index contributed by atoms with van der Waals surface area (Å²) in [4.78, 5) is 24.7. The molecule has 8 heteroatoms. The summed E-state index contributed by atoms with van der Waals surface area (Å²) in [5.74, 6) is -0.239. The number of ketones is 1. The van der Waals surface area contributed by atoms with Gasteiger partial charge >= 0.3 is 0 Å². The second-order valence-corrected chi connectivity index (χ2v) is 7.60. The number of anilines is 1.